The van der Waals surface area contributed by atoms with Crippen LogP contribution in [0.4, 0.5) is 0 Å². The van der Waals surface area contributed by atoms with E-state index in [9.17, 15) is 9.90 Å². The maximum Gasteiger partial charge on any atom is 0.342 e. The fourth-order valence-corrected chi connectivity index (χ4v) is 6.35. The molecular weight excluding hydrogens is 621 g/mol. The van der Waals surface area contributed by atoms with Crippen molar-refractivity contribution in [1.82, 2.24) is 0 Å². The van der Waals surface area contributed by atoms with E-state index in [1.165, 1.54) is 7.11 Å². The largest absolute Gasteiger partial charge is 0.497 e. The van der Waals surface area contributed by atoms with E-state index in [0.29, 0.717) is 42.3 Å². The van der Waals surface area contributed by atoms with E-state index in [-0.39, 0.29) is 17.7 Å². The molecule has 1 aromatic carbocycles. The summed E-state index contributed by atoms with van der Waals surface area (Å²) >= 11 is 0. The van der Waals surface area contributed by atoms with Crippen LogP contribution in [0.3, 0.4) is 0 Å². The van der Waals surface area contributed by atoms with E-state index in [1.807, 2.05) is 32.1 Å². The van der Waals surface area contributed by atoms with Gasteiger partial charge in [0.15, 0.2) is 20.9 Å². The standard InChI is InChI=1S/C35H60O9Si2/c1-25(23-42-46(12,13)34(2,3)4)17-18-28(36)32-29(43-35(5,6)44-32)16-14-15-26-21-27(39-8)22-30(41-24-38-7)31(26)33(37)40-19-20-45(9,10)11/h14-15,17-18,21-22,25,28-29,32,36H,16,19-20,23-24H2,1-13H3/b15-14+,18-17-/t25-,28?,29?,32?/m1/s1. The monoisotopic (exact) mass is 680 g/mol. The molecule has 1 fully saturated rings. The highest BCUT2D eigenvalue weighted by Gasteiger charge is 2.43. The molecule has 4 atom stereocenters. The van der Waals surface area contributed by atoms with Crippen LogP contribution in [-0.2, 0) is 23.4 Å². The number of benzene rings is 1. The Balaban J connectivity index is 2.24. The van der Waals surface area contributed by atoms with Gasteiger partial charge in [-0.15, -0.1) is 0 Å². The van der Waals surface area contributed by atoms with Crippen LogP contribution in [0.5, 0.6) is 11.5 Å². The number of ether oxygens (including phenoxy) is 6. The van der Waals surface area contributed by atoms with E-state index < -0.39 is 46.5 Å². The topological polar surface area (TPSA) is 102 Å². The summed E-state index contributed by atoms with van der Waals surface area (Å²) in [6, 6.07) is 4.27. The molecule has 1 aliphatic rings. The maximum absolute atomic E-state index is 13.4. The van der Waals surface area contributed by atoms with Crippen molar-refractivity contribution in [2.45, 2.75) is 116 Å². The molecule has 0 radical (unpaired) electrons. The van der Waals surface area contributed by atoms with E-state index in [2.05, 4.69) is 60.4 Å². The molecule has 0 saturated carbocycles. The lowest BCUT2D eigenvalue weighted by Crippen LogP contribution is -2.41. The molecule has 46 heavy (non-hydrogen) atoms. The van der Waals surface area contributed by atoms with Crippen LogP contribution in [-0.4, -0.2) is 85.8 Å². The minimum Gasteiger partial charge on any atom is -0.497 e. The van der Waals surface area contributed by atoms with Gasteiger partial charge in [-0.1, -0.05) is 71.6 Å². The SMILES string of the molecule is COCOc1cc(OC)cc(/C=C/CC2OC(C)(C)OC2C(O)/C=C\[C@@H](C)CO[Si](C)(C)C(C)(C)C)c1C(=O)OCC[Si](C)(C)C. The van der Waals surface area contributed by atoms with Gasteiger partial charge in [-0.25, -0.2) is 4.79 Å². The van der Waals surface area contributed by atoms with Gasteiger partial charge in [-0.05, 0) is 62.0 Å². The number of methoxy groups -OCH3 is 2. The second-order valence-electron chi connectivity index (χ2n) is 15.3. The van der Waals surface area contributed by atoms with Crippen LogP contribution >= 0.6 is 0 Å². The van der Waals surface area contributed by atoms with Gasteiger partial charge >= 0.3 is 5.97 Å². The van der Waals surface area contributed by atoms with Crippen LogP contribution in [0.15, 0.2) is 30.4 Å². The Morgan fingerprint density at radius 2 is 1.76 bits per heavy atom. The first-order valence-electron chi connectivity index (χ1n) is 16.2. The number of hydrogen-bond donors (Lipinski definition) is 1. The molecule has 3 unspecified atom stereocenters. The minimum absolute atomic E-state index is 0.0397. The third kappa shape index (κ3) is 12.6. The summed E-state index contributed by atoms with van der Waals surface area (Å²) < 4.78 is 40.8. The molecule has 1 saturated heterocycles. The molecule has 1 aliphatic heterocycles. The fraction of sp³-hybridized carbons (Fsp3) is 0.686. The Labute approximate surface area is 279 Å². The van der Waals surface area contributed by atoms with Crippen LogP contribution in [0.1, 0.15) is 63.9 Å². The molecule has 1 heterocycles. The van der Waals surface area contributed by atoms with Gasteiger partial charge in [-0.2, -0.15) is 0 Å². The lowest BCUT2D eigenvalue weighted by molar-refractivity contribution is -0.152. The highest BCUT2D eigenvalue weighted by Crippen LogP contribution is 2.37. The van der Waals surface area contributed by atoms with Crippen LogP contribution < -0.4 is 9.47 Å². The first-order valence-corrected chi connectivity index (χ1v) is 22.8. The van der Waals surface area contributed by atoms with E-state index in [4.69, 9.17) is 32.8 Å². The minimum atomic E-state index is -1.86. The smallest absolute Gasteiger partial charge is 0.342 e. The van der Waals surface area contributed by atoms with E-state index in [1.54, 1.807) is 25.3 Å². The maximum atomic E-state index is 13.4. The summed E-state index contributed by atoms with van der Waals surface area (Å²) in [6.45, 7) is 24.5. The van der Waals surface area contributed by atoms with Gasteiger partial charge in [0.25, 0.3) is 0 Å². The predicted octanol–water partition coefficient (Wildman–Crippen LogP) is 7.67. The molecule has 1 aromatic rings. The molecule has 0 amide bonds. The van der Waals surface area contributed by atoms with E-state index >= 15 is 0 Å². The second-order valence-corrected chi connectivity index (χ2v) is 25.7. The lowest BCUT2D eigenvalue weighted by atomic mass is 10.0. The third-order valence-electron chi connectivity index (χ3n) is 8.34. The Kier molecular flexibility index (Phi) is 14.8. The molecule has 11 heteroatoms. The van der Waals surface area contributed by atoms with Gasteiger partial charge < -0.3 is 38.0 Å². The van der Waals surface area contributed by atoms with E-state index in [0.717, 1.165) is 6.04 Å². The Morgan fingerprint density at radius 3 is 2.35 bits per heavy atom. The highest BCUT2D eigenvalue weighted by molar-refractivity contribution is 6.76. The van der Waals surface area contributed by atoms with Gasteiger partial charge in [0.2, 0.25) is 0 Å². The van der Waals surface area contributed by atoms with Crippen molar-refractivity contribution in [1.29, 1.82) is 0 Å². The summed E-state index contributed by atoms with van der Waals surface area (Å²) in [5, 5.41) is 11.3. The van der Waals surface area contributed by atoms with Crippen molar-refractivity contribution in [3.8, 4) is 11.5 Å². The molecule has 1 N–H and O–H groups in total. The zero-order valence-electron chi connectivity index (χ0n) is 30.5. The zero-order chi connectivity index (χ0) is 34.9. The summed E-state index contributed by atoms with van der Waals surface area (Å²) in [6.07, 6.45) is 6.04. The quantitative estimate of drug-likeness (QED) is 0.0769. The Hall–Kier alpha value is -2.00. The molecule has 2 rings (SSSR count). The molecule has 0 spiro atoms. The number of aliphatic hydroxyl groups is 1. The summed E-state index contributed by atoms with van der Waals surface area (Å²) in [4.78, 5) is 13.4. The summed E-state index contributed by atoms with van der Waals surface area (Å²) in [7, 11) is -0.193. The van der Waals surface area contributed by atoms with Crippen LogP contribution in [0.25, 0.3) is 6.08 Å². The second kappa shape index (κ2) is 16.9. The Bertz CT molecular complexity index is 1180. The molecule has 0 bridgehead atoms. The predicted molar refractivity (Wildman–Crippen MR) is 189 cm³/mol. The van der Waals surface area contributed by atoms with Crippen molar-refractivity contribution >= 4 is 28.4 Å². The van der Waals surface area contributed by atoms with Crippen molar-refractivity contribution in [3.63, 3.8) is 0 Å². The lowest BCUT2D eigenvalue weighted by Gasteiger charge is -2.36. The first-order chi connectivity index (χ1) is 21.2. The first kappa shape index (κ1) is 40.2. The molecule has 0 aromatic heterocycles. The third-order valence-corrected chi connectivity index (χ3v) is 14.5. The number of carbonyl (C=O) groups is 1. The van der Waals surface area contributed by atoms with Crippen LogP contribution in [0, 0.1) is 5.92 Å². The van der Waals surface area contributed by atoms with Gasteiger partial charge in [0, 0.05) is 27.9 Å². The van der Waals surface area contributed by atoms with Crippen molar-refractivity contribution < 1.29 is 42.7 Å². The number of carbonyl (C=O) groups excluding carboxylic acids is 1. The number of hydrogen-bond acceptors (Lipinski definition) is 9. The van der Waals surface area contributed by atoms with Gasteiger partial charge in [0.05, 0.1) is 19.8 Å². The van der Waals surface area contributed by atoms with Gasteiger partial charge in [-0.3, -0.25) is 0 Å². The number of rotatable bonds is 17. The highest BCUT2D eigenvalue weighted by atomic mass is 28.4. The van der Waals surface area contributed by atoms with Crippen LogP contribution in [0.2, 0.25) is 43.8 Å². The number of aliphatic hydroxyl groups excluding tert-OH is 1. The Morgan fingerprint density at radius 1 is 1.09 bits per heavy atom. The van der Waals surface area contributed by atoms with Crippen molar-refractivity contribution in [2.24, 2.45) is 5.92 Å². The molecule has 0 aliphatic carbocycles. The zero-order valence-corrected chi connectivity index (χ0v) is 32.5. The van der Waals surface area contributed by atoms with Gasteiger partial charge in [0.1, 0.15) is 29.3 Å². The summed E-state index contributed by atoms with van der Waals surface area (Å²) in [5.41, 5.74) is 0.871. The average molecular weight is 681 g/mol. The summed E-state index contributed by atoms with van der Waals surface area (Å²) in [5.74, 6) is -0.374. The number of esters is 1. The molecular formula is C35H60O9Si2. The molecule has 262 valence electrons. The average Bonchev–Trinajstić information content (AvgIpc) is 3.25. The normalized spacial score (nSPS) is 20.3. The fourth-order valence-electron chi connectivity index (χ4n) is 4.53. The molecule has 9 nitrogen and oxygen atoms in total. The van der Waals surface area contributed by atoms with Crippen molar-refractivity contribution in [2.75, 3.05) is 34.2 Å². The van der Waals surface area contributed by atoms with Crippen molar-refractivity contribution in [3.05, 3.63) is 41.5 Å².